The Labute approximate surface area is 177 Å². The molecule has 29 heavy (non-hydrogen) atoms. The Morgan fingerprint density at radius 3 is 2.66 bits per heavy atom. The van der Waals surface area contributed by atoms with Gasteiger partial charge in [-0.1, -0.05) is 12.8 Å². The molecule has 11 heteroatoms. The summed E-state index contributed by atoms with van der Waals surface area (Å²) in [4.78, 5) is 57.4. The maximum atomic E-state index is 12.4. The van der Waals surface area contributed by atoms with Crippen LogP contribution < -0.4 is 5.32 Å². The Kier molecular flexibility index (Phi) is 13.3. The van der Waals surface area contributed by atoms with Gasteiger partial charge in [0.2, 0.25) is 17.7 Å². The molecule has 9 nitrogen and oxygen atoms in total. The number of carbonyl (C=O) groups is 4. The number of amides is 3. The van der Waals surface area contributed by atoms with Crippen LogP contribution in [-0.2, 0) is 28.2 Å². The number of imide groups is 1. The molecule has 166 valence electrons. The molecule has 2 atom stereocenters. The molecule has 0 spiro atoms. The Morgan fingerprint density at radius 1 is 1.24 bits per heavy atom. The molecule has 0 aliphatic carbocycles. The van der Waals surface area contributed by atoms with Crippen LogP contribution in [0.3, 0.4) is 0 Å². The molecule has 1 aliphatic rings. The highest BCUT2D eigenvalue weighted by Gasteiger charge is 2.38. The van der Waals surface area contributed by atoms with E-state index in [1.165, 1.54) is 30.7 Å². The third-order valence-electron chi connectivity index (χ3n) is 4.28. The van der Waals surface area contributed by atoms with Gasteiger partial charge in [-0.25, -0.2) is 0 Å². The molecule has 1 aliphatic heterocycles. The fraction of sp³-hybridized carbons (Fsp3) is 0.778. The van der Waals surface area contributed by atoms with Crippen LogP contribution >= 0.6 is 20.4 Å². The van der Waals surface area contributed by atoms with Gasteiger partial charge >= 0.3 is 8.60 Å². The first-order valence-corrected chi connectivity index (χ1v) is 11.9. The van der Waals surface area contributed by atoms with Crippen LogP contribution in [0.25, 0.3) is 0 Å². The third kappa shape index (κ3) is 11.1. The second-order valence-corrected chi connectivity index (χ2v) is 9.08. The number of likely N-dealkylation sites (tertiary alicyclic amines) is 1. The van der Waals surface area contributed by atoms with E-state index in [1.807, 2.05) is 0 Å². The van der Waals surface area contributed by atoms with Gasteiger partial charge in [0.15, 0.2) is 0 Å². The smallest absolute Gasteiger partial charge is 0.329 e. The maximum Gasteiger partial charge on any atom is 0.329 e. The first-order chi connectivity index (χ1) is 13.8. The number of unbranched alkanes of at least 4 members (excludes halogenated alkanes) is 3. The van der Waals surface area contributed by atoms with Gasteiger partial charge in [0.05, 0.1) is 11.9 Å². The zero-order valence-corrected chi connectivity index (χ0v) is 18.8. The summed E-state index contributed by atoms with van der Waals surface area (Å²) in [6.45, 7) is 2.26. The number of ketones is 1. The lowest BCUT2D eigenvalue weighted by Gasteiger charge is -2.14. The zero-order chi connectivity index (χ0) is 21.6. The summed E-state index contributed by atoms with van der Waals surface area (Å²) in [6, 6.07) is 0. The molecule has 3 amide bonds. The number of carbonyl (C=O) groups excluding carboxylic acids is 4. The molecule has 1 heterocycles. The lowest BCUT2D eigenvalue weighted by atomic mass is 10.2. The second kappa shape index (κ2) is 14.8. The van der Waals surface area contributed by atoms with Gasteiger partial charge in [-0.3, -0.25) is 24.1 Å². The number of Topliss-reactive ketones (excluding diaryl/α,β-unsaturated/α-hetero) is 1. The van der Waals surface area contributed by atoms with E-state index in [9.17, 15) is 19.2 Å². The van der Waals surface area contributed by atoms with Crippen molar-refractivity contribution in [3.63, 3.8) is 0 Å². The van der Waals surface area contributed by atoms with E-state index in [0.29, 0.717) is 6.61 Å². The minimum absolute atomic E-state index is 0.00549. The average molecular weight is 450 g/mol. The lowest BCUT2D eigenvalue weighted by Crippen LogP contribution is -2.36. The topological polar surface area (TPSA) is 122 Å². The van der Waals surface area contributed by atoms with Crippen LogP contribution in [0.1, 0.15) is 51.9 Å². The van der Waals surface area contributed by atoms with Crippen molar-refractivity contribution in [1.29, 1.82) is 0 Å². The Hall–Kier alpha value is -1.06. The quantitative estimate of drug-likeness (QED) is 0.207. The largest absolute Gasteiger partial charge is 0.356 e. The molecule has 1 fully saturated rings. The minimum atomic E-state index is -1.76. The molecular formula is C18H31N2O7PS. The zero-order valence-electron chi connectivity index (χ0n) is 17.1. The first-order valence-electron chi connectivity index (χ1n) is 9.73. The summed E-state index contributed by atoms with van der Waals surface area (Å²) in [5.74, 6) is 0.0511. The van der Waals surface area contributed by atoms with E-state index in [-0.39, 0.29) is 61.1 Å². The van der Waals surface area contributed by atoms with Crippen LogP contribution in [0.4, 0.5) is 0 Å². The highest BCUT2D eigenvalue weighted by Crippen LogP contribution is 2.31. The third-order valence-corrected chi connectivity index (χ3v) is 6.29. The molecular weight excluding hydrogens is 419 g/mol. The van der Waals surface area contributed by atoms with Crippen molar-refractivity contribution in [3.05, 3.63) is 0 Å². The van der Waals surface area contributed by atoms with E-state index >= 15 is 0 Å². The van der Waals surface area contributed by atoms with Crippen LogP contribution in [0.2, 0.25) is 0 Å². The number of nitrogens with one attached hydrogen (secondary N) is 1. The fourth-order valence-electron chi connectivity index (χ4n) is 2.68. The normalized spacial score (nSPS) is 17.6. The highest BCUT2D eigenvalue weighted by molar-refractivity contribution is 8.00. The Morgan fingerprint density at radius 2 is 1.97 bits per heavy atom. The Balaban J connectivity index is 2.15. The van der Waals surface area contributed by atoms with Crippen molar-refractivity contribution >= 4 is 43.9 Å². The van der Waals surface area contributed by atoms with Crippen molar-refractivity contribution in [2.24, 2.45) is 0 Å². The summed E-state index contributed by atoms with van der Waals surface area (Å²) >= 11 is 1.49. The number of thioether (sulfide) groups is 1. The molecule has 0 radical (unpaired) electrons. The lowest BCUT2D eigenvalue weighted by molar-refractivity contribution is -0.138. The molecule has 1 rings (SSSR count). The van der Waals surface area contributed by atoms with E-state index in [2.05, 4.69) is 9.84 Å². The van der Waals surface area contributed by atoms with Gasteiger partial charge in [-0.05, 0) is 25.5 Å². The minimum Gasteiger partial charge on any atom is -0.356 e. The van der Waals surface area contributed by atoms with Gasteiger partial charge in [0.1, 0.15) is 5.78 Å². The Bertz CT molecular complexity index is 564. The van der Waals surface area contributed by atoms with Crippen molar-refractivity contribution in [3.8, 4) is 0 Å². The number of hydrogen-bond donors (Lipinski definition) is 2. The van der Waals surface area contributed by atoms with Crippen molar-refractivity contribution in [1.82, 2.24) is 10.2 Å². The standard InChI is InChI=1S/C18H31N2O7PS/c1-14(21)7-9-19-16(22)8-10-20-17(23)13-15(18(20)24)29-12-6-4-3-5-11-27-28(25)26-2/h15,25H,3-13H2,1-2H3,(H,19,22). The molecule has 2 unspecified atom stereocenters. The predicted octanol–water partition coefficient (Wildman–Crippen LogP) is 1.78. The second-order valence-electron chi connectivity index (χ2n) is 6.67. The van der Waals surface area contributed by atoms with Crippen molar-refractivity contribution in [2.75, 3.05) is 32.6 Å². The van der Waals surface area contributed by atoms with Crippen LogP contribution in [-0.4, -0.2) is 71.1 Å². The summed E-state index contributed by atoms with van der Waals surface area (Å²) in [7, 11) is -0.363. The van der Waals surface area contributed by atoms with E-state index in [0.717, 1.165) is 31.4 Å². The van der Waals surface area contributed by atoms with Crippen LogP contribution in [0.15, 0.2) is 0 Å². The molecule has 1 saturated heterocycles. The van der Waals surface area contributed by atoms with Crippen LogP contribution in [0, 0.1) is 0 Å². The van der Waals surface area contributed by atoms with Gasteiger partial charge in [0, 0.05) is 39.5 Å². The van der Waals surface area contributed by atoms with Crippen molar-refractivity contribution in [2.45, 2.75) is 57.1 Å². The molecule has 2 N–H and O–H groups in total. The van der Waals surface area contributed by atoms with Gasteiger partial charge in [-0.15, -0.1) is 11.8 Å². The number of hydrogen-bond acceptors (Lipinski definition) is 8. The monoisotopic (exact) mass is 450 g/mol. The molecule has 0 aromatic heterocycles. The molecule has 0 saturated carbocycles. The van der Waals surface area contributed by atoms with Gasteiger partial charge in [0.25, 0.3) is 0 Å². The van der Waals surface area contributed by atoms with E-state index < -0.39 is 8.60 Å². The average Bonchev–Trinajstić information content (AvgIpc) is 2.94. The maximum absolute atomic E-state index is 12.4. The number of rotatable bonds is 16. The molecule has 0 bridgehead atoms. The summed E-state index contributed by atoms with van der Waals surface area (Å²) in [5, 5.41) is 2.24. The van der Waals surface area contributed by atoms with Crippen LogP contribution in [0.5, 0.6) is 0 Å². The summed E-state index contributed by atoms with van der Waals surface area (Å²) in [5.41, 5.74) is 0. The number of nitrogens with zero attached hydrogens (tertiary/aromatic N) is 1. The SMILES string of the molecule is COP(O)OCCCCCCSC1CC(=O)N(CCC(=O)NCCC(C)=O)C1=O. The van der Waals surface area contributed by atoms with Gasteiger partial charge in [-0.2, -0.15) is 0 Å². The fourth-order valence-corrected chi connectivity index (χ4v) is 4.25. The predicted molar refractivity (Wildman–Crippen MR) is 111 cm³/mol. The molecule has 0 aromatic rings. The van der Waals surface area contributed by atoms with E-state index in [1.54, 1.807) is 0 Å². The summed E-state index contributed by atoms with van der Waals surface area (Å²) < 4.78 is 9.68. The molecule has 0 aromatic carbocycles. The van der Waals surface area contributed by atoms with E-state index in [4.69, 9.17) is 9.42 Å². The highest BCUT2D eigenvalue weighted by atomic mass is 32.2. The van der Waals surface area contributed by atoms with Crippen molar-refractivity contribution < 1.29 is 33.1 Å². The van der Waals surface area contributed by atoms with Gasteiger partial charge < -0.3 is 19.3 Å². The summed E-state index contributed by atoms with van der Waals surface area (Å²) in [6.07, 6.45) is 4.20. The first kappa shape index (κ1) is 26.0.